The van der Waals surface area contributed by atoms with Crippen LogP contribution in [0.5, 0.6) is 23.0 Å². The predicted octanol–water partition coefficient (Wildman–Crippen LogP) is 2.65. The van der Waals surface area contributed by atoms with Crippen molar-refractivity contribution in [2.75, 3.05) is 14.2 Å². The highest BCUT2D eigenvalue weighted by molar-refractivity contribution is 5.89. The first-order valence-corrected chi connectivity index (χ1v) is 7.88. The molecular formula is C19H17NO5. The molecule has 25 heavy (non-hydrogen) atoms. The van der Waals surface area contributed by atoms with Crippen LogP contribution in [0.4, 0.5) is 0 Å². The number of aromatic hydroxyl groups is 2. The summed E-state index contributed by atoms with van der Waals surface area (Å²) >= 11 is 0. The molecule has 128 valence electrons. The quantitative estimate of drug-likeness (QED) is 0.750. The molecule has 2 heterocycles. The van der Waals surface area contributed by atoms with Crippen molar-refractivity contribution in [3.05, 3.63) is 46.2 Å². The number of aryl methyl sites for hydroxylation is 1. The van der Waals surface area contributed by atoms with E-state index in [0.29, 0.717) is 35.2 Å². The van der Waals surface area contributed by atoms with Crippen molar-refractivity contribution >= 4 is 10.8 Å². The normalized spacial score (nSPS) is 12.6. The standard InChI is InChI=1S/C19H17NO5/c1-24-17-6-10-3-4-20-14(12(10)8-15(17)21)5-11-7-18(25-2)16(22)9-13(11)19(20)23/h5-9,21-22H,3-4H2,1-2H3. The summed E-state index contributed by atoms with van der Waals surface area (Å²) in [6.45, 7) is 0.526. The van der Waals surface area contributed by atoms with E-state index in [1.54, 1.807) is 22.8 Å². The highest BCUT2D eigenvalue weighted by atomic mass is 16.5. The van der Waals surface area contributed by atoms with Crippen LogP contribution in [0, 0.1) is 0 Å². The Labute approximate surface area is 143 Å². The summed E-state index contributed by atoms with van der Waals surface area (Å²) in [6.07, 6.45) is 0.659. The van der Waals surface area contributed by atoms with E-state index in [-0.39, 0.29) is 17.1 Å². The molecule has 0 bridgehead atoms. The number of phenolic OH excluding ortho intramolecular Hbond substituents is 2. The lowest BCUT2D eigenvalue weighted by molar-refractivity contribution is 0.372. The van der Waals surface area contributed by atoms with Gasteiger partial charge in [0.1, 0.15) is 0 Å². The van der Waals surface area contributed by atoms with Gasteiger partial charge in [-0.25, -0.2) is 0 Å². The van der Waals surface area contributed by atoms with E-state index in [4.69, 9.17) is 9.47 Å². The lowest BCUT2D eigenvalue weighted by Gasteiger charge is -2.23. The van der Waals surface area contributed by atoms with E-state index >= 15 is 0 Å². The number of methoxy groups -OCH3 is 2. The molecule has 1 aliphatic heterocycles. The molecule has 1 aromatic heterocycles. The topological polar surface area (TPSA) is 80.9 Å². The summed E-state index contributed by atoms with van der Waals surface area (Å²) in [4.78, 5) is 12.9. The number of hydrogen-bond donors (Lipinski definition) is 2. The number of phenols is 2. The SMILES string of the molecule is COc1cc2c(cc1O)-c1cc3cc(OC)c(O)cc3c(=O)n1CC2. The Morgan fingerprint density at radius 3 is 2.36 bits per heavy atom. The van der Waals surface area contributed by atoms with E-state index in [2.05, 4.69) is 0 Å². The third-order valence-electron chi connectivity index (χ3n) is 4.69. The summed E-state index contributed by atoms with van der Waals surface area (Å²) in [5.74, 6) is 0.698. The maximum absolute atomic E-state index is 12.9. The fraction of sp³-hybridized carbons (Fsp3) is 0.211. The van der Waals surface area contributed by atoms with Gasteiger partial charge in [0.25, 0.3) is 5.56 Å². The van der Waals surface area contributed by atoms with Gasteiger partial charge in [0.15, 0.2) is 23.0 Å². The number of hydrogen-bond acceptors (Lipinski definition) is 5. The van der Waals surface area contributed by atoms with Crippen molar-refractivity contribution in [1.29, 1.82) is 0 Å². The Balaban J connectivity index is 2.04. The number of ether oxygens (including phenoxy) is 2. The average molecular weight is 339 g/mol. The van der Waals surface area contributed by atoms with Crippen LogP contribution in [0.15, 0.2) is 35.1 Å². The number of nitrogens with zero attached hydrogens (tertiary/aromatic N) is 1. The van der Waals surface area contributed by atoms with E-state index in [1.807, 2.05) is 6.07 Å². The molecule has 0 aliphatic carbocycles. The summed E-state index contributed by atoms with van der Waals surface area (Å²) in [7, 11) is 2.97. The maximum Gasteiger partial charge on any atom is 0.259 e. The predicted molar refractivity (Wildman–Crippen MR) is 93.8 cm³/mol. The van der Waals surface area contributed by atoms with Gasteiger partial charge in [-0.2, -0.15) is 0 Å². The number of fused-ring (bicyclic) bond motifs is 4. The van der Waals surface area contributed by atoms with Gasteiger partial charge in [-0.1, -0.05) is 0 Å². The zero-order valence-electron chi connectivity index (χ0n) is 13.9. The van der Waals surface area contributed by atoms with Gasteiger partial charge in [0, 0.05) is 12.1 Å². The van der Waals surface area contributed by atoms with Crippen molar-refractivity contribution in [2.45, 2.75) is 13.0 Å². The maximum atomic E-state index is 12.9. The highest BCUT2D eigenvalue weighted by Crippen LogP contribution is 2.39. The zero-order valence-corrected chi connectivity index (χ0v) is 13.9. The lowest BCUT2D eigenvalue weighted by atomic mass is 9.95. The summed E-state index contributed by atoms with van der Waals surface area (Å²) in [5.41, 5.74) is 2.37. The molecule has 0 fully saturated rings. The number of rotatable bonds is 2. The minimum Gasteiger partial charge on any atom is -0.504 e. The van der Waals surface area contributed by atoms with E-state index in [0.717, 1.165) is 16.8 Å². The molecule has 0 saturated heterocycles. The van der Waals surface area contributed by atoms with Crippen LogP contribution in [0.2, 0.25) is 0 Å². The zero-order chi connectivity index (χ0) is 17.7. The van der Waals surface area contributed by atoms with Crippen LogP contribution >= 0.6 is 0 Å². The molecule has 2 N–H and O–H groups in total. The van der Waals surface area contributed by atoms with E-state index < -0.39 is 0 Å². The highest BCUT2D eigenvalue weighted by Gasteiger charge is 2.21. The monoisotopic (exact) mass is 339 g/mol. The second kappa shape index (κ2) is 5.44. The van der Waals surface area contributed by atoms with Gasteiger partial charge in [-0.3, -0.25) is 4.79 Å². The van der Waals surface area contributed by atoms with Crippen LogP contribution in [-0.2, 0) is 13.0 Å². The average Bonchev–Trinajstić information content (AvgIpc) is 2.61. The summed E-state index contributed by atoms with van der Waals surface area (Å²) in [5, 5.41) is 21.2. The molecule has 6 nitrogen and oxygen atoms in total. The van der Waals surface area contributed by atoms with Crippen LogP contribution in [0.3, 0.4) is 0 Å². The fourth-order valence-corrected chi connectivity index (χ4v) is 3.43. The van der Waals surface area contributed by atoms with Crippen LogP contribution in [0.1, 0.15) is 5.56 Å². The second-order valence-corrected chi connectivity index (χ2v) is 6.03. The molecule has 0 radical (unpaired) electrons. The second-order valence-electron chi connectivity index (χ2n) is 6.03. The van der Waals surface area contributed by atoms with Crippen LogP contribution in [-0.4, -0.2) is 29.0 Å². The van der Waals surface area contributed by atoms with Gasteiger partial charge >= 0.3 is 0 Å². The molecule has 0 spiro atoms. The first-order chi connectivity index (χ1) is 12.0. The Kier molecular flexibility index (Phi) is 3.35. The largest absolute Gasteiger partial charge is 0.504 e. The van der Waals surface area contributed by atoms with Crippen molar-refractivity contribution in [3.63, 3.8) is 0 Å². The minimum atomic E-state index is -0.175. The Morgan fingerprint density at radius 2 is 1.64 bits per heavy atom. The van der Waals surface area contributed by atoms with Gasteiger partial charge in [0.05, 0.1) is 25.3 Å². The summed E-state index contributed by atoms with van der Waals surface area (Å²) in [6, 6.07) is 8.39. The first-order valence-electron chi connectivity index (χ1n) is 7.88. The van der Waals surface area contributed by atoms with Crippen LogP contribution < -0.4 is 15.0 Å². The molecule has 0 saturated carbocycles. The Morgan fingerprint density at radius 1 is 0.960 bits per heavy atom. The minimum absolute atomic E-state index is 0.0329. The third-order valence-corrected chi connectivity index (χ3v) is 4.69. The Hall–Kier alpha value is -3.15. The van der Waals surface area contributed by atoms with E-state index in [1.165, 1.54) is 20.3 Å². The van der Waals surface area contributed by atoms with Gasteiger partial charge in [0.2, 0.25) is 0 Å². The van der Waals surface area contributed by atoms with Gasteiger partial charge in [-0.05, 0) is 47.7 Å². The number of benzene rings is 2. The van der Waals surface area contributed by atoms with Crippen LogP contribution in [0.25, 0.3) is 22.0 Å². The molecule has 0 amide bonds. The number of aromatic nitrogens is 1. The summed E-state index contributed by atoms with van der Waals surface area (Å²) < 4.78 is 12.0. The van der Waals surface area contributed by atoms with E-state index in [9.17, 15) is 15.0 Å². The molecule has 4 rings (SSSR count). The smallest absolute Gasteiger partial charge is 0.259 e. The molecule has 3 aromatic rings. The lowest BCUT2D eigenvalue weighted by Crippen LogP contribution is -2.26. The molecule has 6 heteroatoms. The Bertz CT molecular complexity index is 1070. The van der Waals surface area contributed by atoms with Crippen molar-refractivity contribution < 1.29 is 19.7 Å². The first kappa shape index (κ1) is 15.4. The fourth-order valence-electron chi connectivity index (χ4n) is 3.43. The molecule has 2 aromatic carbocycles. The van der Waals surface area contributed by atoms with Crippen molar-refractivity contribution in [3.8, 4) is 34.3 Å². The molecule has 0 unspecified atom stereocenters. The third kappa shape index (κ3) is 2.21. The molecule has 0 atom stereocenters. The number of pyridine rings is 1. The molecule has 1 aliphatic rings. The van der Waals surface area contributed by atoms with Crippen molar-refractivity contribution in [1.82, 2.24) is 4.57 Å². The van der Waals surface area contributed by atoms with Gasteiger partial charge in [-0.15, -0.1) is 0 Å². The molecular weight excluding hydrogens is 322 g/mol. The van der Waals surface area contributed by atoms with Crippen molar-refractivity contribution in [2.24, 2.45) is 0 Å². The van der Waals surface area contributed by atoms with Gasteiger partial charge < -0.3 is 24.3 Å².